The van der Waals surface area contributed by atoms with Crippen molar-refractivity contribution in [3.8, 4) is 0 Å². The van der Waals surface area contributed by atoms with E-state index in [9.17, 15) is 0 Å². The SMILES string of the molecule is CCOC(OCC)C1OC(c2ccccc2)OC2COC(c3ccccc3)OC21. The van der Waals surface area contributed by atoms with Crippen LogP contribution in [-0.2, 0) is 28.4 Å². The molecule has 0 N–H and O–H groups in total. The third kappa shape index (κ3) is 4.69. The molecule has 2 aromatic rings. The van der Waals surface area contributed by atoms with Crippen LogP contribution < -0.4 is 0 Å². The van der Waals surface area contributed by atoms with E-state index in [1.54, 1.807) is 0 Å². The normalized spacial score (nSPS) is 29.6. The van der Waals surface area contributed by atoms with E-state index >= 15 is 0 Å². The molecule has 6 heteroatoms. The van der Waals surface area contributed by atoms with Gasteiger partial charge < -0.3 is 28.4 Å². The summed E-state index contributed by atoms with van der Waals surface area (Å²) >= 11 is 0. The summed E-state index contributed by atoms with van der Waals surface area (Å²) in [4.78, 5) is 0. The van der Waals surface area contributed by atoms with Crippen molar-refractivity contribution in [1.29, 1.82) is 0 Å². The zero-order valence-corrected chi connectivity index (χ0v) is 16.8. The largest absolute Gasteiger partial charge is 0.350 e. The molecule has 0 spiro atoms. The van der Waals surface area contributed by atoms with Crippen LogP contribution in [0.15, 0.2) is 60.7 Å². The van der Waals surface area contributed by atoms with Gasteiger partial charge in [-0.1, -0.05) is 60.7 Å². The van der Waals surface area contributed by atoms with Gasteiger partial charge in [-0.15, -0.1) is 0 Å². The lowest BCUT2D eigenvalue weighted by Crippen LogP contribution is -2.58. The fourth-order valence-corrected chi connectivity index (χ4v) is 3.70. The molecule has 0 bridgehead atoms. The van der Waals surface area contributed by atoms with Gasteiger partial charge in [0.25, 0.3) is 0 Å². The molecular weight excluding hydrogens is 372 g/mol. The van der Waals surface area contributed by atoms with Gasteiger partial charge in [0.2, 0.25) is 0 Å². The molecule has 2 fully saturated rings. The van der Waals surface area contributed by atoms with Crippen molar-refractivity contribution in [1.82, 2.24) is 0 Å². The number of rotatable bonds is 7. The second kappa shape index (κ2) is 9.80. The molecule has 0 radical (unpaired) electrons. The van der Waals surface area contributed by atoms with Crippen LogP contribution in [0.4, 0.5) is 0 Å². The lowest BCUT2D eigenvalue weighted by molar-refractivity contribution is -0.390. The molecule has 0 amide bonds. The molecule has 6 nitrogen and oxygen atoms in total. The Morgan fingerprint density at radius 3 is 1.97 bits per heavy atom. The third-order valence-corrected chi connectivity index (χ3v) is 5.04. The van der Waals surface area contributed by atoms with Crippen molar-refractivity contribution in [3.63, 3.8) is 0 Å². The van der Waals surface area contributed by atoms with Gasteiger partial charge >= 0.3 is 0 Å². The molecule has 4 rings (SSSR count). The molecule has 2 heterocycles. The molecule has 0 aromatic heterocycles. The first kappa shape index (κ1) is 20.5. The first-order valence-electron chi connectivity index (χ1n) is 10.2. The summed E-state index contributed by atoms with van der Waals surface area (Å²) in [6.45, 7) is 5.30. The van der Waals surface area contributed by atoms with Crippen molar-refractivity contribution in [3.05, 3.63) is 71.8 Å². The van der Waals surface area contributed by atoms with Gasteiger partial charge in [0.05, 0.1) is 6.61 Å². The topological polar surface area (TPSA) is 55.4 Å². The molecular formula is C23H28O6. The van der Waals surface area contributed by atoms with Crippen LogP contribution in [0.3, 0.4) is 0 Å². The van der Waals surface area contributed by atoms with E-state index in [0.717, 1.165) is 11.1 Å². The van der Waals surface area contributed by atoms with E-state index in [2.05, 4.69) is 0 Å². The molecule has 0 saturated carbocycles. The van der Waals surface area contributed by atoms with Crippen molar-refractivity contribution in [2.75, 3.05) is 19.8 Å². The fraction of sp³-hybridized carbons (Fsp3) is 0.478. The van der Waals surface area contributed by atoms with Gasteiger partial charge in [-0.05, 0) is 13.8 Å². The van der Waals surface area contributed by atoms with Gasteiger partial charge in [0.1, 0.15) is 18.3 Å². The molecule has 2 aliphatic rings. The average Bonchev–Trinajstić information content (AvgIpc) is 2.79. The Morgan fingerprint density at radius 2 is 1.38 bits per heavy atom. The van der Waals surface area contributed by atoms with E-state index in [1.165, 1.54) is 0 Å². The summed E-state index contributed by atoms with van der Waals surface area (Å²) in [5, 5.41) is 0. The molecule has 2 saturated heterocycles. The van der Waals surface area contributed by atoms with Crippen LogP contribution in [0.25, 0.3) is 0 Å². The summed E-state index contributed by atoms with van der Waals surface area (Å²) in [5.41, 5.74) is 1.90. The molecule has 2 aliphatic heterocycles. The molecule has 156 valence electrons. The van der Waals surface area contributed by atoms with Crippen LogP contribution in [0.5, 0.6) is 0 Å². The number of hydrogen-bond donors (Lipinski definition) is 0. The Kier molecular flexibility index (Phi) is 6.92. The second-order valence-corrected chi connectivity index (χ2v) is 6.97. The number of fused-ring (bicyclic) bond motifs is 1. The van der Waals surface area contributed by atoms with Crippen LogP contribution in [0.2, 0.25) is 0 Å². The summed E-state index contributed by atoms with van der Waals surface area (Å²) in [7, 11) is 0. The fourth-order valence-electron chi connectivity index (χ4n) is 3.70. The molecule has 5 atom stereocenters. The highest BCUT2D eigenvalue weighted by atomic mass is 16.8. The second-order valence-electron chi connectivity index (χ2n) is 6.97. The summed E-state index contributed by atoms with van der Waals surface area (Å²) in [6.07, 6.45) is -2.69. The van der Waals surface area contributed by atoms with Crippen molar-refractivity contribution >= 4 is 0 Å². The van der Waals surface area contributed by atoms with Gasteiger partial charge in [-0.3, -0.25) is 0 Å². The highest BCUT2D eigenvalue weighted by molar-refractivity contribution is 5.18. The van der Waals surface area contributed by atoms with Crippen LogP contribution in [0.1, 0.15) is 37.6 Å². The molecule has 29 heavy (non-hydrogen) atoms. The number of hydrogen-bond acceptors (Lipinski definition) is 6. The highest BCUT2D eigenvalue weighted by Crippen LogP contribution is 2.39. The monoisotopic (exact) mass is 400 g/mol. The highest BCUT2D eigenvalue weighted by Gasteiger charge is 2.49. The average molecular weight is 400 g/mol. The van der Waals surface area contributed by atoms with E-state index in [0.29, 0.717) is 19.8 Å². The van der Waals surface area contributed by atoms with E-state index in [4.69, 9.17) is 28.4 Å². The Bertz CT molecular complexity index is 734. The van der Waals surface area contributed by atoms with Gasteiger partial charge in [-0.2, -0.15) is 0 Å². The van der Waals surface area contributed by atoms with Crippen molar-refractivity contribution in [2.24, 2.45) is 0 Å². The Hall–Kier alpha value is -1.80. The third-order valence-electron chi connectivity index (χ3n) is 5.04. The predicted molar refractivity (Wildman–Crippen MR) is 106 cm³/mol. The van der Waals surface area contributed by atoms with Gasteiger partial charge in [-0.25, -0.2) is 0 Å². The zero-order chi connectivity index (χ0) is 20.1. The first-order chi connectivity index (χ1) is 14.3. The number of ether oxygens (including phenoxy) is 6. The maximum absolute atomic E-state index is 6.34. The lowest BCUT2D eigenvalue weighted by Gasteiger charge is -2.47. The van der Waals surface area contributed by atoms with Gasteiger partial charge in [0, 0.05) is 24.3 Å². The van der Waals surface area contributed by atoms with Crippen LogP contribution >= 0.6 is 0 Å². The minimum Gasteiger partial charge on any atom is -0.350 e. The quantitative estimate of drug-likeness (QED) is 0.656. The van der Waals surface area contributed by atoms with E-state index in [-0.39, 0.29) is 12.2 Å². The van der Waals surface area contributed by atoms with E-state index in [1.807, 2.05) is 74.5 Å². The van der Waals surface area contributed by atoms with Crippen LogP contribution in [-0.4, -0.2) is 44.4 Å². The Labute approximate surface area is 171 Å². The number of benzene rings is 2. The minimum absolute atomic E-state index is 0.290. The standard InChI is InChI=1S/C23H28O6/c1-3-24-23(25-4-2)20-19-18(27-22(29-20)17-13-9-6-10-14-17)15-26-21(28-19)16-11-7-5-8-12-16/h5-14,18-23H,3-4,15H2,1-2H3. The first-order valence-corrected chi connectivity index (χ1v) is 10.2. The zero-order valence-electron chi connectivity index (χ0n) is 16.8. The summed E-state index contributed by atoms with van der Waals surface area (Å²) < 4.78 is 36.6. The minimum atomic E-state index is -0.554. The Morgan fingerprint density at radius 1 is 0.793 bits per heavy atom. The summed E-state index contributed by atoms with van der Waals surface area (Å²) in [5.74, 6) is 0. The summed E-state index contributed by atoms with van der Waals surface area (Å²) in [6, 6.07) is 19.7. The Balaban J connectivity index is 1.59. The molecule has 5 unspecified atom stereocenters. The lowest BCUT2D eigenvalue weighted by atomic mass is 10.0. The smallest absolute Gasteiger partial charge is 0.186 e. The van der Waals surface area contributed by atoms with Crippen molar-refractivity contribution in [2.45, 2.75) is 51.0 Å². The van der Waals surface area contributed by atoms with E-state index < -0.39 is 25.0 Å². The maximum atomic E-state index is 6.34. The van der Waals surface area contributed by atoms with Gasteiger partial charge in [0.15, 0.2) is 18.9 Å². The molecule has 2 aromatic carbocycles. The van der Waals surface area contributed by atoms with Crippen LogP contribution in [0, 0.1) is 0 Å². The molecule has 0 aliphatic carbocycles. The predicted octanol–water partition coefficient (Wildman–Crippen LogP) is 3.98. The van der Waals surface area contributed by atoms with Crippen molar-refractivity contribution < 1.29 is 28.4 Å². The maximum Gasteiger partial charge on any atom is 0.186 e.